The summed E-state index contributed by atoms with van der Waals surface area (Å²) < 4.78 is 0. The van der Waals surface area contributed by atoms with Crippen molar-refractivity contribution in [3.05, 3.63) is 222 Å². The molecule has 1 aliphatic carbocycles. The zero-order chi connectivity index (χ0) is 38.5. The minimum Gasteiger partial charge on any atom is -0.300 e. The molecule has 0 heterocycles. The SMILES string of the molecule is CC1(C)c2c(cccc2-c2ccc(C=N/C(=C\C(=N)c3ccccc3)c3cccc(-c4ccc5ccccc5c4)c3)c3ccccc23)-c2ccc3ccccc3c21. The van der Waals surface area contributed by atoms with Gasteiger partial charge in [-0.3, -0.25) is 4.99 Å². The Morgan fingerprint density at radius 1 is 0.456 bits per heavy atom. The number of hydrogen-bond donors (Lipinski definition) is 1. The first-order valence-corrected chi connectivity index (χ1v) is 19.6. The van der Waals surface area contributed by atoms with Crippen LogP contribution in [0.1, 0.15) is 41.7 Å². The number of allylic oxidation sites excluding steroid dienone is 1. The molecule has 9 aromatic carbocycles. The summed E-state index contributed by atoms with van der Waals surface area (Å²) in [6.07, 6.45) is 3.86. The smallest absolute Gasteiger partial charge is 0.0723 e. The van der Waals surface area contributed by atoms with Gasteiger partial charge in [0.15, 0.2) is 0 Å². The lowest BCUT2D eigenvalue weighted by Gasteiger charge is -2.26. The number of fused-ring (bicyclic) bond motifs is 7. The Kier molecular flexibility index (Phi) is 8.34. The van der Waals surface area contributed by atoms with Crippen LogP contribution in [0.4, 0.5) is 0 Å². The van der Waals surface area contributed by atoms with Crippen LogP contribution < -0.4 is 0 Å². The largest absolute Gasteiger partial charge is 0.300 e. The van der Waals surface area contributed by atoms with E-state index in [0.29, 0.717) is 5.71 Å². The molecule has 2 nitrogen and oxygen atoms in total. The topological polar surface area (TPSA) is 36.2 Å². The quantitative estimate of drug-likeness (QED) is 0.159. The fourth-order valence-electron chi connectivity index (χ4n) is 9.04. The van der Waals surface area contributed by atoms with Crippen LogP contribution in [0.5, 0.6) is 0 Å². The van der Waals surface area contributed by atoms with Crippen LogP contribution in [-0.2, 0) is 5.41 Å². The minimum atomic E-state index is -0.187. The maximum absolute atomic E-state index is 9.09. The Morgan fingerprint density at radius 2 is 1.05 bits per heavy atom. The Bertz CT molecular complexity index is 3110. The fraction of sp³-hybridized carbons (Fsp3) is 0.0545. The molecule has 0 aromatic heterocycles. The van der Waals surface area contributed by atoms with E-state index in [1.807, 2.05) is 42.6 Å². The van der Waals surface area contributed by atoms with Crippen molar-refractivity contribution < 1.29 is 0 Å². The summed E-state index contributed by atoms with van der Waals surface area (Å²) >= 11 is 0. The minimum absolute atomic E-state index is 0.187. The van der Waals surface area contributed by atoms with E-state index in [9.17, 15) is 0 Å². The van der Waals surface area contributed by atoms with Gasteiger partial charge in [-0.25, -0.2) is 0 Å². The van der Waals surface area contributed by atoms with Gasteiger partial charge in [0.05, 0.1) is 11.4 Å². The van der Waals surface area contributed by atoms with Crippen molar-refractivity contribution in [1.29, 1.82) is 5.41 Å². The molecule has 0 atom stereocenters. The monoisotopic (exact) mass is 728 g/mol. The predicted octanol–water partition coefficient (Wildman–Crippen LogP) is 14.3. The molecule has 57 heavy (non-hydrogen) atoms. The van der Waals surface area contributed by atoms with Gasteiger partial charge < -0.3 is 5.41 Å². The third kappa shape index (κ3) is 5.98. The van der Waals surface area contributed by atoms with E-state index in [4.69, 9.17) is 10.4 Å². The summed E-state index contributed by atoms with van der Waals surface area (Å²) in [5.74, 6) is 0. The normalized spacial score (nSPS) is 13.3. The van der Waals surface area contributed by atoms with Gasteiger partial charge in [-0.15, -0.1) is 0 Å². The summed E-state index contributed by atoms with van der Waals surface area (Å²) in [7, 11) is 0. The Balaban J connectivity index is 1.07. The number of hydrogen-bond acceptors (Lipinski definition) is 2. The van der Waals surface area contributed by atoms with Crippen LogP contribution in [0.15, 0.2) is 199 Å². The Hall–Kier alpha value is -7.16. The van der Waals surface area contributed by atoms with E-state index in [0.717, 1.165) is 38.9 Å². The second-order valence-electron chi connectivity index (χ2n) is 15.5. The summed E-state index contributed by atoms with van der Waals surface area (Å²) in [5.41, 5.74) is 13.9. The van der Waals surface area contributed by atoms with Crippen LogP contribution in [-0.4, -0.2) is 11.9 Å². The first kappa shape index (κ1) is 34.3. The van der Waals surface area contributed by atoms with Crippen molar-refractivity contribution in [1.82, 2.24) is 0 Å². The maximum atomic E-state index is 9.09. The van der Waals surface area contributed by atoms with Crippen molar-refractivity contribution in [2.45, 2.75) is 19.3 Å². The van der Waals surface area contributed by atoms with E-state index in [-0.39, 0.29) is 5.41 Å². The third-order valence-electron chi connectivity index (χ3n) is 11.7. The molecule has 0 amide bonds. The molecular weight excluding hydrogens is 689 g/mol. The molecule has 0 saturated carbocycles. The Labute approximate surface area is 333 Å². The maximum Gasteiger partial charge on any atom is 0.0723 e. The molecule has 0 fully saturated rings. The molecule has 10 rings (SSSR count). The lowest BCUT2D eigenvalue weighted by Crippen LogP contribution is -2.17. The van der Waals surface area contributed by atoms with Gasteiger partial charge in [0, 0.05) is 22.8 Å². The van der Waals surface area contributed by atoms with Gasteiger partial charge in [0.25, 0.3) is 0 Å². The van der Waals surface area contributed by atoms with Crippen LogP contribution in [0.25, 0.3) is 71.4 Å². The molecule has 0 spiro atoms. The van der Waals surface area contributed by atoms with Gasteiger partial charge in [0.2, 0.25) is 0 Å². The number of nitrogens with one attached hydrogen (secondary N) is 1. The molecule has 0 aliphatic heterocycles. The van der Waals surface area contributed by atoms with Gasteiger partial charge in [0.1, 0.15) is 0 Å². The highest BCUT2D eigenvalue weighted by atomic mass is 14.7. The highest BCUT2D eigenvalue weighted by molar-refractivity contribution is 6.12. The van der Waals surface area contributed by atoms with Gasteiger partial charge in [-0.05, 0) is 101 Å². The highest BCUT2D eigenvalue weighted by Gasteiger charge is 2.39. The first-order chi connectivity index (χ1) is 27.9. The summed E-state index contributed by atoms with van der Waals surface area (Å²) in [6, 6.07) is 66.7. The fourth-order valence-corrected chi connectivity index (χ4v) is 9.04. The van der Waals surface area contributed by atoms with E-state index < -0.39 is 0 Å². The third-order valence-corrected chi connectivity index (χ3v) is 11.7. The van der Waals surface area contributed by atoms with E-state index in [1.54, 1.807) is 0 Å². The molecule has 270 valence electrons. The predicted molar refractivity (Wildman–Crippen MR) is 243 cm³/mol. The molecule has 0 radical (unpaired) electrons. The lowest BCUT2D eigenvalue weighted by molar-refractivity contribution is 0.668. The zero-order valence-electron chi connectivity index (χ0n) is 32.0. The molecular formula is C55H40N2. The number of aliphatic imine (C=N–C) groups is 1. The summed E-state index contributed by atoms with van der Waals surface area (Å²) in [5, 5.41) is 16.4. The van der Waals surface area contributed by atoms with Crippen molar-refractivity contribution in [2.75, 3.05) is 0 Å². The Morgan fingerprint density at radius 3 is 1.88 bits per heavy atom. The summed E-state index contributed by atoms with van der Waals surface area (Å²) in [6.45, 7) is 4.76. The molecule has 1 aliphatic rings. The molecule has 2 heteroatoms. The van der Waals surface area contributed by atoms with Crippen LogP contribution in [0.2, 0.25) is 0 Å². The molecule has 0 unspecified atom stereocenters. The van der Waals surface area contributed by atoms with E-state index >= 15 is 0 Å². The number of rotatable bonds is 7. The number of nitrogens with zero attached hydrogens (tertiary/aromatic N) is 1. The number of benzene rings is 9. The average molecular weight is 729 g/mol. The average Bonchev–Trinajstić information content (AvgIpc) is 3.51. The zero-order valence-corrected chi connectivity index (χ0v) is 32.0. The van der Waals surface area contributed by atoms with Gasteiger partial charge in [-0.2, -0.15) is 0 Å². The second-order valence-corrected chi connectivity index (χ2v) is 15.5. The van der Waals surface area contributed by atoms with Crippen molar-refractivity contribution >= 4 is 49.9 Å². The standard InChI is InChI=1S/C55H40N2/c1-55(2)53-45-22-9-8-15-37(45)28-31-50(53)49-25-13-24-48(54(49)55)47-30-29-43(44-21-10-11-23-46(44)47)35-57-52(34-51(56)38-16-4-3-5-17-38)42-20-12-19-40(33-42)41-27-26-36-14-6-7-18-39(36)32-41/h3-35,56H,1-2H3/b52-34-,56-51?,57-35?. The van der Waals surface area contributed by atoms with Gasteiger partial charge >= 0.3 is 0 Å². The molecule has 0 bridgehead atoms. The lowest BCUT2D eigenvalue weighted by atomic mass is 9.77. The van der Waals surface area contributed by atoms with Crippen LogP contribution in [0, 0.1) is 5.41 Å². The molecule has 9 aromatic rings. The van der Waals surface area contributed by atoms with Crippen LogP contribution in [0.3, 0.4) is 0 Å². The van der Waals surface area contributed by atoms with Crippen LogP contribution >= 0.6 is 0 Å². The first-order valence-electron chi connectivity index (χ1n) is 19.6. The van der Waals surface area contributed by atoms with E-state index in [2.05, 4.69) is 172 Å². The second kappa shape index (κ2) is 13.8. The highest BCUT2D eigenvalue weighted by Crippen LogP contribution is 2.54. The van der Waals surface area contributed by atoms with Gasteiger partial charge in [-0.1, -0.05) is 190 Å². The van der Waals surface area contributed by atoms with Crippen molar-refractivity contribution in [2.24, 2.45) is 4.99 Å². The van der Waals surface area contributed by atoms with E-state index in [1.165, 1.54) is 60.3 Å². The van der Waals surface area contributed by atoms with Crippen molar-refractivity contribution in [3.8, 4) is 33.4 Å². The molecule has 1 N–H and O–H groups in total. The summed E-state index contributed by atoms with van der Waals surface area (Å²) in [4.78, 5) is 5.20. The molecule has 0 saturated heterocycles. The van der Waals surface area contributed by atoms with Crippen molar-refractivity contribution in [3.63, 3.8) is 0 Å².